The topological polar surface area (TPSA) is 18.5 Å². The van der Waals surface area contributed by atoms with Gasteiger partial charge in [-0.15, -0.1) is 0 Å². The number of hydrogen-bond acceptors (Lipinski definition) is 3. The van der Waals surface area contributed by atoms with Crippen molar-refractivity contribution in [2.24, 2.45) is 0 Å². The molecule has 0 bridgehead atoms. The van der Waals surface area contributed by atoms with Gasteiger partial charge in [-0.1, -0.05) is 12.1 Å². The first-order valence-corrected chi connectivity index (χ1v) is 7.69. The summed E-state index contributed by atoms with van der Waals surface area (Å²) in [6.07, 6.45) is 4.10. The summed E-state index contributed by atoms with van der Waals surface area (Å²) in [5.74, 6) is 0. The maximum absolute atomic E-state index is 3.40. The van der Waals surface area contributed by atoms with Crippen LogP contribution >= 0.6 is 0 Å². The third-order valence-electron chi connectivity index (χ3n) is 4.27. The lowest BCUT2D eigenvalue weighted by Crippen LogP contribution is -2.42. The smallest absolute Gasteiger partial charge is 0.0366 e. The fourth-order valence-corrected chi connectivity index (χ4v) is 3.09. The molecule has 0 saturated carbocycles. The average Bonchev–Trinajstić information content (AvgIpc) is 2.50. The Morgan fingerprint density at radius 2 is 1.53 bits per heavy atom. The molecule has 1 N–H and O–H groups in total. The zero-order valence-corrected chi connectivity index (χ0v) is 11.8. The second-order valence-electron chi connectivity index (χ2n) is 5.74. The summed E-state index contributed by atoms with van der Waals surface area (Å²) in [6, 6.07) is 9.24. The molecule has 2 aliphatic heterocycles. The number of benzene rings is 1. The molecule has 0 atom stereocenters. The van der Waals surface area contributed by atoms with Gasteiger partial charge in [0.05, 0.1) is 0 Å². The quantitative estimate of drug-likeness (QED) is 0.896. The minimum absolute atomic E-state index is 1.10. The molecule has 3 nitrogen and oxygen atoms in total. The van der Waals surface area contributed by atoms with Crippen LogP contribution < -0.4 is 10.2 Å². The van der Waals surface area contributed by atoms with E-state index >= 15 is 0 Å². The van der Waals surface area contributed by atoms with Gasteiger partial charge in [0.2, 0.25) is 0 Å². The maximum atomic E-state index is 3.40. The number of anilines is 1. The standard InChI is InChI=1S/C16H25N3/c1-2-10-19(11-3-1)16-6-4-15(5-7-16)14-18-12-8-17-9-13-18/h4-7,17H,1-3,8-14H2. The predicted molar refractivity (Wildman–Crippen MR) is 80.7 cm³/mol. The zero-order chi connectivity index (χ0) is 12.9. The first kappa shape index (κ1) is 12.9. The largest absolute Gasteiger partial charge is 0.372 e. The van der Waals surface area contributed by atoms with E-state index in [1.54, 1.807) is 0 Å². The Labute approximate surface area is 116 Å². The molecular weight excluding hydrogens is 234 g/mol. The van der Waals surface area contributed by atoms with Gasteiger partial charge in [-0.2, -0.15) is 0 Å². The number of piperidine rings is 1. The highest BCUT2D eigenvalue weighted by molar-refractivity contribution is 5.47. The molecule has 19 heavy (non-hydrogen) atoms. The highest BCUT2D eigenvalue weighted by Crippen LogP contribution is 2.20. The summed E-state index contributed by atoms with van der Waals surface area (Å²) in [5.41, 5.74) is 2.85. The molecule has 2 saturated heterocycles. The Kier molecular flexibility index (Phi) is 4.36. The Morgan fingerprint density at radius 3 is 2.21 bits per heavy atom. The molecule has 1 aromatic carbocycles. The van der Waals surface area contributed by atoms with Gasteiger partial charge in [-0.05, 0) is 37.0 Å². The maximum Gasteiger partial charge on any atom is 0.0366 e. The van der Waals surface area contributed by atoms with Gasteiger partial charge >= 0.3 is 0 Å². The van der Waals surface area contributed by atoms with Gasteiger partial charge in [-0.25, -0.2) is 0 Å². The van der Waals surface area contributed by atoms with Gasteiger partial charge in [0.1, 0.15) is 0 Å². The van der Waals surface area contributed by atoms with Gasteiger partial charge in [0.15, 0.2) is 0 Å². The van der Waals surface area contributed by atoms with Crippen molar-refractivity contribution in [3.63, 3.8) is 0 Å². The van der Waals surface area contributed by atoms with Crippen LogP contribution in [0, 0.1) is 0 Å². The summed E-state index contributed by atoms with van der Waals surface area (Å²) >= 11 is 0. The highest BCUT2D eigenvalue weighted by atomic mass is 15.2. The number of nitrogens with one attached hydrogen (secondary N) is 1. The van der Waals surface area contributed by atoms with Crippen LogP contribution in [0.1, 0.15) is 24.8 Å². The molecule has 3 rings (SSSR count). The van der Waals surface area contributed by atoms with Crippen molar-refractivity contribution in [1.82, 2.24) is 10.2 Å². The molecular formula is C16H25N3. The van der Waals surface area contributed by atoms with Crippen molar-refractivity contribution in [2.75, 3.05) is 44.2 Å². The third-order valence-corrected chi connectivity index (χ3v) is 4.27. The number of rotatable bonds is 3. The van der Waals surface area contributed by atoms with E-state index in [0.29, 0.717) is 0 Å². The molecule has 0 unspecified atom stereocenters. The fourth-order valence-electron chi connectivity index (χ4n) is 3.09. The first-order valence-electron chi connectivity index (χ1n) is 7.69. The van der Waals surface area contributed by atoms with Crippen LogP contribution in [0.5, 0.6) is 0 Å². The summed E-state index contributed by atoms with van der Waals surface area (Å²) in [5, 5.41) is 3.40. The Hall–Kier alpha value is -1.06. The molecule has 2 fully saturated rings. The van der Waals surface area contributed by atoms with Crippen LogP contribution in [0.4, 0.5) is 5.69 Å². The average molecular weight is 259 g/mol. The Bertz CT molecular complexity index is 375. The summed E-state index contributed by atoms with van der Waals surface area (Å²) in [6.45, 7) is 8.18. The molecule has 2 heterocycles. The van der Waals surface area contributed by atoms with Gasteiger partial charge < -0.3 is 10.2 Å². The molecule has 0 aliphatic carbocycles. The summed E-state index contributed by atoms with van der Waals surface area (Å²) in [7, 11) is 0. The monoisotopic (exact) mass is 259 g/mol. The van der Waals surface area contributed by atoms with E-state index in [-0.39, 0.29) is 0 Å². The molecule has 0 aromatic heterocycles. The van der Waals surface area contributed by atoms with Crippen molar-refractivity contribution in [1.29, 1.82) is 0 Å². The normalized spacial score (nSPS) is 21.6. The van der Waals surface area contributed by atoms with Gasteiger partial charge in [0, 0.05) is 51.5 Å². The van der Waals surface area contributed by atoms with Crippen molar-refractivity contribution in [3.05, 3.63) is 29.8 Å². The van der Waals surface area contributed by atoms with Gasteiger partial charge in [0.25, 0.3) is 0 Å². The molecule has 104 valence electrons. The lowest BCUT2D eigenvalue weighted by atomic mass is 10.1. The van der Waals surface area contributed by atoms with E-state index in [0.717, 1.165) is 19.6 Å². The minimum Gasteiger partial charge on any atom is -0.372 e. The molecule has 2 aliphatic rings. The van der Waals surface area contributed by atoms with Crippen LogP contribution in [0.2, 0.25) is 0 Å². The minimum atomic E-state index is 1.10. The van der Waals surface area contributed by atoms with E-state index in [1.165, 1.54) is 56.7 Å². The molecule has 0 amide bonds. The Morgan fingerprint density at radius 1 is 0.842 bits per heavy atom. The Balaban J connectivity index is 1.58. The summed E-state index contributed by atoms with van der Waals surface area (Å²) < 4.78 is 0. The van der Waals surface area contributed by atoms with Crippen LogP contribution in [-0.2, 0) is 6.54 Å². The van der Waals surface area contributed by atoms with Crippen LogP contribution in [0.25, 0.3) is 0 Å². The molecule has 0 radical (unpaired) electrons. The number of piperazine rings is 1. The third kappa shape index (κ3) is 3.48. The zero-order valence-electron chi connectivity index (χ0n) is 11.8. The van der Waals surface area contributed by atoms with E-state index in [9.17, 15) is 0 Å². The first-order chi connectivity index (χ1) is 9.42. The predicted octanol–water partition coefficient (Wildman–Crippen LogP) is 2.08. The van der Waals surface area contributed by atoms with E-state index in [4.69, 9.17) is 0 Å². The summed E-state index contributed by atoms with van der Waals surface area (Å²) in [4.78, 5) is 5.06. The lowest BCUT2D eigenvalue weighted by molar-refractivity contribution is 0.233. The van der Waals surface area contributed by atoms with Crippen molar-refractivity contribution in [2.45, 2.75) is 25.8 Å². The second kappa shape index (κ2) is 6.40. The molecule has 0 spiro atoms. The van der Waals surface area contributed by atoms with Crippen LogP contribution in [0.3, 0.4) is 0 Å². The van der Waals surface area contributed by atoms with Crippen molar-refractivity contribution < 1.29 is 0 Å². The second-order valence-corrected chi connectivity index (χ2v) is 5.74. The van der Waals surface area contributed by atoms with Crippen molar-refractivity contribution in [3.8, 4) is 0 Å². The molecule has 1 aromatic rings. The highest BCUT2D eigenvalue weighted by Gasteiger charge is 2.12. The van der Waals surface area contributed by atoms with E-state index < -0.39 is 0 Å². The van der Waals surface area contributed by atoms with E-state index in [1.807, 2.05) is 0 Å². The van der Waals surface area contributed by atoms with Crippen LogP contribution in [0.15, 0.2) is 24.3 Å². The van der Waals surface area contributed by atoms with Gasteiger partial charge in [-0.3, -0.25) is 4.90 Å². The lowest BCUT2D eigenvalue weighted by Gasteiger charge is -2.29. The van der Waals surface area contributed by atoms with Crippen molar-refractivity contribution >= 4 is 5.69 Å². The fraction of sp³-hybridized carbons (Fsp3) is 0.625. The number of nitrogens with zero attached hydrogens (tertiary/aromatic N) is 2. The molecule has 3 heteroatoms. The SMILES string of the molecule is c1cc(N2CCCCC2)ccc1CN1CCNCC1. The van der Waals surface area contributed by atoms with Crippen LogP contribution in [-0.4, -0.2) is 44.2 Å². The van der Waals surface area contributed by atoms with E-state index in [2.05, 4.69) is 39.4 Å². The number of hydrogen-bond donors (Lipinski definition) is 1.